The predicted molar refractivity (Wildman–Crippen MR) is 161 cm³/mol. The smallest absolute Gasteiger partial charge is 0.243 e. The number of nitrogens with zero attached hydrogens (tertiary/aromatic N) is 1. The van der Waals surface area contributed by atoms with E-state index in [1.165, 1.54) is 12.1 Å². The SMILES string of the molecule is O=C(NC[C@H]1CCCO1)[C@@H](Cc1ccccc1)N(Cc1ccc(F)cc1)C(=O)CCc1ccc(S(=O)(=O)NC2CC2)cc1. The predicted octanol–water partition coefficient (Wildman–Crippen LogP) is 4.13. The highest BCUT2D eigenvalue weighted by Gasteiger charge is 2.31. The number of nitrogens with one attached hydrogen (secondary N) is 2. The fourth-order valence-corrected chi connectivity index (χ4v) is 6.50. The van der Waals surface area contributed by atoms with Crippen molar-refractivity contribution in [1.29, 1.82) is 0 Å². The van der Waals surface area contributed by atoms with Crippen LogP contribution in [0.2, 0.25) is 0 Å². The molecule has 2 aliphatic rings. The Kier molecular flexibility index (Phi) is 10.2. The van der Waals surface area contributed by atoms with Crippen LogP contribution in [0, 0.1) is 5.82 Å². The van der Waals surface area contributed by atoms with Gasteiger partial charge in [-0.25, -0.2) is 17.5 Å². The summed E-state index contributed by atoms with van der Waals surface area (Å²) in [5.41, 5.74) is 2.42. The summed E-state index contributed by atoms with van der Waals surface area (Å²) in [6.45, 7) is 1.18. The number of rotatable bonds is 14. The molecule has 2 fully saturated rings. The van der Waals surface area contributed by atoms with Gasteiger partial charge in [-0.1, -0.05) is 54.6 Å². The molecule has 43 heavy (non-hydrogen) atoms. The Balaban J connectivity index is 1.34. The normalized spacial score (nSPS) is 17.4. The van der Waals surface area contributed by atoms with E-state index in [9.17, 15) is 22.4 Å². The van der Waals surface area contributed by atoms with Crippen LogP contribution in [-0.4, -0.2) is 56.5 Å². The number of carbonyl (C=O) groups is 2. The summed E-state index contributed by atoms with van der Waals surface area (Å²) in [4.78, 5) is 29.3. The molecule has 3 aromatic rings. The van der Waals surface area contributed by atoms with Gasteiger partial charge in [0.1, 0.15) is 11.9 Å². The van der Waals surface area contributed by atoms with Gasteiger partial charge < -0.3 is 15.0 Å². The Hall–Kier alpha value is -3.60. The second kappa shape index (κ2) is 14.2. The lowest BCUT2D eigenvalue weighted by Gasteiger charge is -2.32. The number of sulfonamides is 1. The maximum Gasteiger partial charge on any atom is 0.243 e. The van der Waals surface area contributed by atoms with Gasteiger partial charge in [0.05, 0.1) is 11.0 Å². The van der Waals surface area contributed by atoms with Crippen LogP contribution in [0.25, 0.3) is 0 Å². The van der Waals surface area contributed by atoms with E-state index in [0.29, 0.717) is 31.6 Å². The van der Waals surface area contributed by atoms with Crippen molar-refractivity contribution in [2.75, 3.05) is 13.2 Å². The van der Waals surface area contributed by atoms with E-state index >= 15 is 0 Å². The lowest BCUT2D eigenvalue weighted by atomic mass is 10.0. The highest BCUT2D eigenvalue weighted by Crippen LogP contribution is 2.23. The van der Waals surface area contributed by atoms with Crippen LogP contribution >= 0.6 is 0 Å². The molecule has 10 heteroatoms. The molecule has 0 aromatic heterocycles. The van der Waals surface area contributed by atoms with Crippen LogP contribution in [0.5, 0.6) is 0 Å². The molecule has 2 N–H and O–H groups in total. The van der Waals surface area contributed by atoms with Crippen molar-refractivity contribution in [2.24, 2.45) is 0 Å². The minimum atomic E-state index is -3.56. The molecule has 0 bridgehead atoms. The lowest BCUT2D eigenvalue weighted by molar-refractivity contribution is -0.141. The number of hydrogen-bond acceptors (Lipinski definition) is 5. The molecule has 0 spiro atoms. The van der Waals surface area contributed by atoms with Crippen molar-refractivity contribution in [3.05, 3.63) is 101 Å². The third kappa shape index (κ3) is 8.95. The molecular formula is C33H38FN3O5S. The van der Waals surface area contributed by atoms with Gasteiger partial charge >= 0.3 is 0 Å². The number of halogens is 1. The van der Waals surface area contributed by atoms with Gasteiger partial charge in [-0.15, -0.1) is 0 Å². The Morgan fingerprint density at radius 1 is 0.907 bits per heavy atom. The average Bonchev–Trinajstić information content (AvgIpc) is 3.66. The van der Waals surface area contributed by atoms with Crippen LogP contribution in [0.15, 0.2) is 83.8 Å². The minimum Gasteiger partial charge on any atom is -0.376 e. The molecule has 0 unspecified atom stereocenters. The zero-order valence-corrected chi connectivity index (χ0v) is 24.9. The molecule has 3 aromatic carbocycles. The standard InChI is InChI=1S/C33H38FN3O5S/c34-27-13-8-26(9-14-27)23-37(31(21-25-5-2-1-3-6-25)33(39)35-22-29-7-4-20-42-29)32(38)19-12-24-10-17-30(18-11-24)43(40,41)36-28-15-16-28/h1-3,5-6,8-11,13-14,17-18,28-29,31,36H,4,7,12,15-16,19-23H2,(H,35,39)/t29-,31-/m1/s1. The van der Waals surface area contributed by atoms with Crippen LogP contribution in [-0.2, 0) is 43.7 Å². The van der Waals surface area contributed by atoms with E-state index in [1.54, 1.807) is 41.3 Å². The molecule has 2 amide bonds. The third-order valence-electron chi connectivity index (χ3n) is 7.83. The van der Waals surface area contributed by atoms with Gasteiger partial charge in [0.25, 0.3) is 0 Å². The minimum absolute atomic E-state index is 0.0149. The van der Waals surface area contributed by atoms with Crippen LogP contribution in [0.1, 0.15) is 48.8 Å². The maximum absolute atomic E-state index is 13.9. The van der Waals surface area contributed by atoms with Crippen molar-refractivity contribution >= 4 is 21.8 Å². The largest absolute Gasteiger partial charge is 0.376 e. The summed E-state index contributed by atoms with van der Waals surface area (Å²) in [5, 5.41) is 3.01. The van der Waals surface area contributed by atoms with Crippen molar-refractivity contribution < 1.29 is 27.1 Å². The molecule has 2 atom stereocenters. The molecule has 228 valence electrons. The summed E-state index contributed by atoms with van der Waals surface area (Å²) in [5.74, 6) is -0.883. The molecular weight excluding hydrogens is 569 g/mol. The number of amides is 2. The summed E-state index contributed by atoms with van der Waals surface area (Å²) in [7, 11) is -3.56. The fraction of sp³-hybridized carbons (Fsp3) is 0.394. The van der Waals surface area contributed by atoms with Gasteiger partial charge in [0.2, 0.25) is 21.8 Å². The Morgan fingerprint density at radius 3 is 2.26 bits per heavy atom. The number of benzene rings is 3. The van der Waals surface area contributed by atoms with E-state index in [4.69, 9.17) is 4.74 Å². The van der Waals surface area contributed by atoms with E-state index in [0.717, 1.165) is 36.8 Å². The average molecular weight is 608 g/mol. The van der Waals surface area contributed by atoms with Crippen LogP contribution in [0.4, 0.5) is 4.39 Å². The van der Waals surface area contributed by atoms with E-state index in [-0.39, 0.29) is 47.6 Å². The highest BCUT2D eigenvalue weighted by atomic mass is 32.2. The van der Waals surface area contributed by atoms with Crippen molar-refractivity contribution in [1.82, 2.24) is 14.9 Å². The first-order valence-electron chi connectivity index (χ1n) is 14.9. The quantitative estimate of drug-likeness (QED) is 0.287. The first kappa shape index (κ1) is 30.8. The second-order valence-electron chi connectivity index (χ2n) is 11.3. The summed E-state index contributed by atoms with van der Waals surface area (Å²) >= 11 is 0. The Labute approximate surface area is 252 Å². The topological polar surface area (TPSA) is 105 Å². The zero-order valence-electron chi connectivity index (χ0n) is 24.1. The zero-order chi connectivity index (χ0) is 30.2. The van der Waals surface area contributed by atoms with Gasteiger partial charge in [0.15, 0.2) is 0 Å². The van der Waals surface area contributed by atoms with Crippen molar-refractivity contribution in [2.45, 2.75) is 74.6 Å². The van der Waals surface area contributed by atoms with Gasteiger partial charge in [0, 0.05) is 38.6 Å². The molecule has 8 nitrogen and oxygen atoms in total. The molecule has 1 aliphatic carbocycles. The number of ether oxygens (including phenoxy) is 1. The number of aryl methyl sites for hydroxylation is 1. The van der Waals surface area contributed by atoms with Gasteiger partial charge in [-0.05, 0) is 73.1 Å². The molecule has 1 saturated carbocycles. The number of carbonyl (C=O) groups excluding carboxylic acids is 2. The van der Waals surface area contributed by atoms with Crippen LogP contribution in [0.3, 0.4) is 0 Å². The van der Waals surface area contributed by atoms with Crippen molar-refractivity contribution in [3.63, 3.8) is 0 Å². The maximum atomic E-state index is 13.9. The monoisotopic (exact) mass is 607 g/mol. The molecule has 1 saturated heterocycles. The van der Waals surface area contributed by atoms with Crippen molar-refractivity contribution in [3.8, 4) is 0 Å². The first-order valence-corrected chi connectivity index (χ1v) is 16.3. The fourth-order valence-electron chi connectivity index (χ4n) is 5.20. The van der Waals surface area contributed by atoms with Crippen LogP contribution < -0.4 is 10.0 Å². The summed E-state index contributed by atoms with van der Waals surface area (Å²) < 4.78 is 47.1. The highest BCUT2D eigenvalue weighted by molar-refractivity contribution is 7.89. The summed E-state index contributed by atoms with van der Waals surface area (Å²) in [6.07, 6.45) is 4.27. The van der Waals surface area contributed by atoms with Gasteiger partial charge in [-0.2, -0.15) is 0 Å². The second-order valence-corrected chi connectivity index (χ2v) is 13.0. The molecule has 1 aliphatic heterocycles. The third-order valence-corrected chi connectivity index (χ3v) is 9.36. The Bertz CT molecular complexity index is 1470. The molecule has 0 radical (unpaired) electrons. The Morgan fingerprint density at radius 2 is 1.60 bits per heavy atom. The van der Waals surface area contributed by atoms with E-state index < -0.39 is 16.1 Å². The molecule has 1 heterocycles. The van der Waals surface area contributed by atoms with E-state index in [2.05, 4.69) is 10.0 Å². The first-order chi connectivity index (χ1) is 20.8. The molecule has 5 rings (SSSR count). The van der Waals surface area contributed by atoms with E-state index in [1.807, 2.05) is 30.3 Å². The number of hydrogen-bond donors (Lipinski definition) is 2. The lowest BCUT2D eigenvalue weighted by Crippen LogP contribution is -2.51. The summed E-state index contributed by atoms with van der Waals surface area (Å²) in [6, 6.07) is 21.2. The van der Waals surface area contributed by atoms with Gasteiger partial charge in [-0.3, -0.25) is 9.59 Å².